The molecule has 114 valence electrons. The number of benzene rings is 1. The zero-order valence-electron chi connectivity index (χ0n) is 13.0. The van der Waals surface area contributed by atoms with Crippen LogP contribution in [0.2, 0.25) is 0 Å². The Morgan fingerprint density at radius 1 is 1.40 bits per heavy atom. The van der Waals surface area contributed by atoms with Gasteiger partial charge in [0.25, 0.3) is 0 Å². The maximum absolute atomic E-state index is 13.5. The first kappa shape index (κ1) is 17.5. The molecule has 0 bridgehead atoms. The minimum Gasteiger partial charge on any atom is -0.326 e. The Labute approximate surface area is 126 Å². The highest BCUT2D eigenvalue weighted by atomic mass is 32.2. The van der Waals surface area contributed by atoms with E-state index in [1.807, 2.05) is 17.8 Å². The van der Waals surface area contributed by atoms with Crippen LogP contribution in [0.1, 0.15) is 38.3 Å². The summed E-state index contributed by atoms with van der Waals surface area (Å²) in [5.74, 6) is 0.934. The molecule has 0 aliphatic rings. The van der Waals surface area contributed by atoms with Crippen LogP contribution in [-0.2, 0) is 0 Å². The van der Waals surface area contributed by atoms with E-state index >= 15 is 0 Å². The zero-order valence-corrected chi connectivity index (χ0v) is 13.8. The highest BCUT2D eigenvalue weighted by molar-refractivity contribution is 7.98. The van der Waals surface area contributed by atoms with Gasteiger partial charge in [-0.15, -0.1) is 0 Å². The van der Waals surface area contributed by atoms with Crippen molar-refractivity contribution < 1.29 is 4.39 Å². The van der Waals surface area contributed by atoms with Crippen LogP contribution in [0.4, 0.5) is 4.39 Å². The van der Waals surface area contributed by atoms with Gasteiger partial charge in [0.1, 0.15) is 5.82 Å². The monoisotopic (exact) mass is 298 g/mol. The molecule has 2 N–H and O–H groups in total. The highest BCUT2D eigenvalue weighted by Crippen LogP contribution is 2.27. The minimum atomic E-state index is -0.194. The molecule has 0 heterocycles. The number of hydrogen-bond acceptors (Lipinski definition) is 3. The van der Waals surface area contributed by atoms with E-state index in [0.717, 1.165) is 24.2 Å². The predicted molar refractivity (Wildman–Crippen MR) is 87.6 cm³/mol. The summed E-state index contributed by atoms with van der Waals surface area (Å²) >= 11 is 1.85. The highest BCUT2D eigenvalue weighted by Gasteiger charge is 2.26. The lowest BCUT2D eigenvalue weighted by Gasteiger charge is -2.37. The molecule has 1 rings (SSSR count). The Morgan fingerprint density at radius 3 is 2.65 bits per heavy atom. The van der Waals surface area contributed by atoms with Crippen LogP contribution in [0, 0.1) is 5.82 Å². The van der Waals surface area contributed by atoms with Crippen molar-refractivity contribution in [3.8, 4) is 0 Å². The van der Waals surface area contributed by atoms with Crippen molar-refractivity contribution in [2.75, 3.05) is 19.1 Å². The van der Waals surface area contributed by atoms with E-state index in [1.165, 1.54) is 6.07 Å². The van der Waals surface area contributed by atoms with Gasteiger partial charge in [-0.3, -0.25) is 4.90 Å². The Hall–Kier alpha value is -0.580. The average Bonchev–Trinajstić information content (AvgIpc) is 2.44. The van der Waals surface area contributed by atoms with Gasteiger partial charge in [-0.05, 0) is 56.5 Å². The van der Waals surface area contributed by atoms with Crippen LogP contribution in [0.5, 0.6) is 0 Å². The molecule has 0 aliphatic carbocycles. The number of nitrogens with two attached hydrogens (primary N) is 1. The largest absolute Gasteiger partial charge is 0.326 e. The average molecular weight is 298 g/mol. The van der Waals surface area contributed by atoms with Gasteiger partial charge >= 0.3 is 0 Å². The standard InChI is InChI=1S/C16H27FN2S/c1-5-15(18)16(13-7-6-8-14(17)11-13)19(3)12(2)9-10-20-4/h6-8,11-12,15-16H,5,9-10,18H2,1-4H3. The van der Waals surface area contributed by atoms with E-state index in [0.29, 0.717) is 6.04 Å². The second-order valence-electron chi connectivity index (χ2n) is 5.37. The van der Waals surface area contributed by atoms with Gasteiger partial charge in [-0.25, -0.2) is 4.39 Å². The van der Waals surface area contributed by atoms with Gasteiger partial charge in [0, 0.05) is 18.1 Å². The molecular weight excluding hydrogens is 271 g/mol. The second kappa shape index (κ2) is 8.65. The van der Waals surface area contributed by atoms with Crippen LogP contribution in [0.3, 0.4) is 0 Å². The van der Waals surface area contributed by atoms with E-state index in [1.54, 1.807) is 12.1 Å². The second-order valence-corrected chi connectivity index (χ2v) is 6.35. The molecule has 0 amide bonds. The molecule has 0 saturated heterocycles. The zero-order chi connectivity index (χ0) is 15.1. The molecule has 4 heteroatoms. The molecule has 3 unspecified atom stereocenters. The van der Waals surface area contributed by atoms with Crippen LogP contribution in [0.15, 0.2) is 24.3 Å². The Bertz CT molecular complexity index is 400. The van der Waals surface area contributed by atoms with Crippen LogP contribution in [-0.4, -0.2) is 36.0 Å². The lowest BCUT2D eigenvalue weighted by molar-refractivity contribution is 0.155. The van der Waals surface area contributed by atoms with Crippen molar-refractivity contribution in [1.29, 1.82) is 0 Å². The summed E-state index contributed by atoms with van der Waals surface area (Å²) in [5, 5.41) is 0. The SMILES string of the molecule is CCC(N)C(c1cccc(F)c1)N(C)C(C)CCSC. The van der Waals surface area contributed by atoms with E-state index in [4.69, 9.17) is 5.73 Å². The molecule has 2 nitrogen and oxygen atoms in total. The fourth-order valence-electron chi connectivity index (χ4n) is 2.46. The fourth-order valence-corrected chi connectivity index (χ4v) is 3.04. The van der Waals surface area contributed by atoms with E-state index in [-0.39, 0.29) is 17.9 Å². The number of thioether (sulfide) groups is 1. The number of rotatable bonds is 8. The molecule has 0 aromatic heterocycles. The first-order chi connectivity index (χ1) is 9.51. The number of nitrogens with zero attached hydrogens (tertiary/aromatic N) is 1. The van der Waals surface area contributed by atoms with Gasteiger partial charge in [0.15, 0.2) is 0 Å². The molecule has 20 heavy (non-hydrogen) atoms. The Balaban J connectivity index is 2.94. The Kier molecular flexibility index (Phi) is 7.56. The summed E-state index contributed by atoms with van der Waals surface area (Å²) in [6, 6.07) is 7.33. The molecule has 0 spiro atoms. The third kappa shape index (κ3) is 4.76. The summed E-state index contributed by atoms with van der Waals surface area (Å²) in [5.41, 5.74) is 7.27. The van der Waals surface area contributed by atoms with Crippen LogP contribution >= 0.6 is 11.8 Å². The minimum absolute atomic E-state index is 0.0125. The van der Waals surface area contributed by atoms with Crippen molar-refractivity contribution >= 4 is 11.8 Å². The fraction of sp³-hybridized carbons (Fsp3) is 0.625. The number of hydrogen-bond donors (Lipinski definition) is 1. The summed E-state index contributed by atoms with van der Waals surface area (Å²) in [4.78, 5) is 2.29. The molecule has 0 aliphatic heterocycles. The molecule has 1 aromatic rings. The van der Waals surface area contributed by atoms with Crippen molar-refractivity contribution in [2.24, 2.45) is 5.73 Å². The lowest BCUT2D eigenvalue weighted by atomic mass is 9.95. The molecular formula is C16H27FN2S. The first-order valence-corrected chi connectivity index (χ1v) is 8.62. The summed E-state index contributed by atoms with van der Waals surface area (Å²) < 4.78 is 13.5. The van der Waals surface area contributed by atoms with E-state index < -0.39 is 0 Å². The van der Waals surface area contributed by atoms with Crippen molar-refractivity contribution in [1.82, 2.24) is 4.90 Å². The third-order valence-electron chi connectivity index (χ3n) is 3.94. The summed E-state index contributed by atoms with van der Waals surface area (Å²) in [6.45, 7) is 4.29. The summed E-state index contributed by atoms with van der Waals surface area (Å²) in [6.07, 6.45) is 4.11. The quantitative estimate of drug-likeness (QED) is 0.794. The molecule has 0 saturated carbocycles. The predicted octanol–water partition coefficient (Wildman–Crippen LogP) is 3.68. The summed E-state index contributed by atoms with van der Waals surface area (Å²) in [7, 11) is 2.09. The third-order valence-corrected chi connectivity index (χ3v) is 4.58. The maximum atomic E-state index is 13.5. The van der Waals surface area contributed by atoms with Crippen molar-refractivity contribution in [3.63, 3.8) is 0 Å². The van der Waals surface area contributed by atoms with Gasteiger partial charge < -0.3 is 5.73 Å². The van der Waals surface area contributed by atoms with Crippen LogP contribution in [0.25, 0.3) is 0 Å². The van der Waals surface area contributed by atoms with Crippen molar-refractivity contribution in [3.05, 3.63) is 35.6 Å². The smallest absolute Gasteiger partial charge is 0.123 e. The van der Waals surface area contributed by atoms with E-state index in [9.17, 15) is 4.39 Å². The lowest BCUT2D eigenvalue weighted by Crippen LogP contribution is -2.43. The molecule has 0 radical (unpaired) electrons. The van der Waals surface area contributed by atoms with Crippen molar-refractivity contribution in [2.45, 2.75) is 44.8 Å². The number of likely N-dealkylation sites (N-methyl/N-ethyl adjacent to an activating group) is 1. The molecule has 1 aromatic carbocycles. The molecule has 3 atom stereocenters. The van der Waals surface area contributed by atoms with E-state index in [2.05, 4.69) is 32.1 Å². The van der Waals surface area contributed by atoms with Crippen LogP contribution < -0.4 is 5.73 Å². The molecule has 0 fully saturated rings. The van der Waals surface area contributed by atoms with Gasteiger partial charge in [0.2, 0.25) is 0 Å². The van der Waals surface area contributed by atoms with Gasteiger partial charge in [-0.1, -0.05) is 19.1 Å². The first-order valence-electron chi connectivity index (χ1n) is 7.23. The number of halogens is 1. The van der Waals surface area contributed by atoms with Gasteiger partial charge in [-0.2, -0.15) is 11.8 Å². The maximum Gasteiger partial charge on any atom is 0.123 e. The Morgan fingerprint density at radius 2 is 2.10 bits per heavy atom. The normalized spacial score (nSPS) is 16.1. The topological polar surface area (TPSA) is 29.3 Å². The van der Waals surface area contributed by atoms with Gasteiger partial charge in [0.05, 0.1) is 0 Å².